The van der Waals surface area contributed by atoms with Crippen LogP contribution >= 0.6 is 15.9 Å². The van der Waals surface area contributed by atoms with E-state index < -0.39 is 0 Å². The van der Waals surface area contributed by atoms with Crippen molar-refractivity contribution in [2.24, 2.45) is 5.92 Å². The normalized spacial score (nSPS) is 25.8. The molecule has 1 aromatic rings. The van der Waals surface area contributed by atoms with Crippen LogP contribution in [0.2, 0.25) is 0 Å². The summed E-state index contributed by atoms with van der Waals surface area (Å²) in [5.41, 5.74) is 5.60. The number of halogens is 1. The van der Waals surface area contributed by atoms with Gasteiger partial charge in [-0.25, -0.2) is 4.98 Å². The molecule has 0 amide bonds. The standard InChI is InChI=1S/C11H18BrN5/c1-7-6-17(2)4-3-9(7)15-10-8(12)5-14-11(13)16-10/h5,7,9H,3-4,6H2,1-2H3,(H3,13,14,15,16). The zero-order valence-corrected chi connectivity index (χ0v) is 11.7. The Hall–Kier alpha value is -0.880. The van der Waals surface area contributed by atoms with Gasteiger partial charge in [0.15, 0.2) is 0 Å². The number of hydrogen-bond acceptors (Lipinski definition) is 5. The average molecular weight is 300 g/mol. The van der Waals surface area contributed by atoms with Crippen molar-refractivity contribution < 1.29 is 0 Å². The first-order chi connectivity index (χ1) is 8.06. The summed E-state index contributed by atoms with van der Waals surface area (Å²) in [6, 6.07) is 0.441. The number of likely N-dealkylation sites (tertiary alicyclic amines) is 1. The van der Waals surface area contributed by atoms with Crippen LogP contribution in [-0.2, 0) is 0 Å². The van der Waals surface area contributed by atoms with E-state index in [1.54, 1.807) is 6.20 Å². The molecule has 3 N–H and O–H groups in total. The van der Waals surface area contributed by atoms with Crippen molar-refractivity contribution in [3.05, 3.63) is 10.7 Å². The molecule has 94 valence electrons. The van der Waals surface area contributed by atoms with Crippen LogP contribution in [0.25, 0.3) is 0 Å². The third kappa shape index (κ3) is 3.07. The third-order valence-corrected chi connectivity index (χ3v) is 3.77. The number of hydrogen-bond donors (Lipinski definition) is 2. The minimum absolute atomic E-state index is 0.302. The fraction of sp³-hybridized carbons (Fsp3) is 0.636. The molecule has 2 atom stereocenters. The second-order valence-corrected chi connectivity index (χ2v) is 5.56. The smallest absolute Gasteiger partial charge is 0.221 e. The molecule has 0 aromatic carbocycles. The van der Waals surface area contributed by atoms with E-state index in [4.69, 9.17) is 5.73 Å². The Morgan fingerprint density at radius 3 is 3.06 bits per heavy atom. The summed E-state index contributed by atoms with van der Waals surface area (Å²) >= 11 is 3.44. The van der Waals surface area contributed by atoms with Gasteiger partial charge in [-0.3, -0.25) is 0 Å². The van der Waals surface area contributed by atoms with E-state index in [2.05, 4.69) is 50.1 Å². The Morgan fingerprint density at radius 2 is 2.35 bits per heavy atom. The number of rotatable bonds is 2. The molecule has 5 nitrogen and oxygen atoms in total. The highest BCUT2D eigenvalue weighted by Crippen LogP contribution is 2.24. The molecule has 1 aromatic heterocycles. The summed E-state index contributed by atoms with van der Waals surface area (Å²) in [6.45, 7) is 4.47. The van der Waals surface area contributed by atoms with Gasteiger partial charge in [-0.2, -0.15) is 4.98 Å². The molecule has 2 heterocycles. The number of aromatic nitrogens is 2. The van der Waals surface area contributed by atoms with Crippen LogP contribution in [0.3, 0.4) is 0 Å². The van der Waals surface area contributed by atoms with E-state index >= 15 is 0 Å². The molecule has 1 fully saturated rings. The van der Waals surface area contributed by atoms with Gasteiger partial charge in [0.2, 0.25) is 5.95 Å². The van der Waals surface area contributed by atoms with E-state index in [0.717, 1.165) is 29.8 Å². The van der Waals surface area contributed by atoms with Crippen molar-refractivity contribution >= 4 is 27.7 Å². The van der Waals surface area contributed by atoms with Gasteiger partial charge >= 0.3 is 0 Å². The average Bonchev–Trinajstić information content (AvgIpc) is 2.27. The molecule has 1 aliphatic rings. The third-order valence-electron chi connectivity index (χ3n) is 3.19. The van der Waals surface area contributed by atoms with Crippen molar-refractivity contribution in [1.82, 2.24) is 14.9 Å². The summed E-state index contributed by atoms with van der Waals surface area (Å²) in [5, 5.41) is 3.46. The molecular weight excluding hydrogens is 282 g/mol. The lowest BCUT2D eigenvalue weighted by Crippen LogP contribution is -2.43. The van der Waals surface area contributed by atoms with Crippen LogP contribution in [0.5, 0.6) is 0 Å². The maximum Gasteiger partial charge on any atom is 0.221 e. The van der Waals surface area contributed by atoms with Crippen LogP contribution in [0.4, 0.5) is 11.8 Å². The van der Waals surface area contributed by atoms with Gasteiger partial charge in [0.1, 0.15) is 5.82 Å². The molecule has 0 bridgehead atoms. The minimum Gasteiger partial charge on any atom is -0.368 e. The SMILES string of the molecule is CC1CN(C)CCC1Nc1nc(N)ncc1Br. The van der Waals surface area contributed by atoms with Crippen molar-refractivity contribution in [1.29, 1.82) is 0 Å². The van der Waals surface area contributed by atoms with Crippen molar-refractivity contribution in [3.8, 4) is 0 Å². The zero-order chi connectivity index (χ0) is 12.4. The Kier molecular flexibility index (Phi) is 3.83. The van der Waals surface area contributed by atoms with E-state index in [9.17, 15) is 0 Å². The van der Waals surface area contributed by atoms with E-state index in [0.29, 0.717) is 17.9 Å². The topological polar surface area (TPSA) is 67.1 Å². The van der Waals surface area contributed by atoms with Crippen LogP contribution in [-0.4, -0.2) is 41.0 Å². The summed E-state index contributed by atoms with van der Waals surface area (Å²) in [5.74, 6) is 1.69. The highest BCUT2D eigenvalue weighted by molar-refractivity contribution is 9.10. The number of piperidine rings is 1. The van der Waals surface area contributed by atoms with Crippen molar-refractivity contribution in [2.75, 3.05) is 31.2 Å². The Morgan fingerprint density at radius 1 is 1.59 bits per heavy atom. The van der Waals surface area contributed by atoms with E-state index in [1.165, 1.54) is 0 Å². The minimum atomic E-state index is 0.302. The first-order valence-corrected chi connectivity index (χ1v) is 6.58. The number of nitrogens with one attached hydrogen (secondary N) is 1. The lowest BCUT2D eigenvalue weighted by Gasteiger charge is -2.35. The predicted molar refractivity (Wildman–Crippen MR) is 72.8 cm³/mol. The molecular formula is C11H18BrN5. The molecule has 0 radical (unpaired) electrons. The quantitative estimate of drug-likeness (QED) is 0.868. The Bertz CT molecular complexity index is 397. The number of nitrogens with zero attached hydrogens (tertiary/aromatic N) is 3. The molecule has 1 aliphatic heterocycles. The Balaban J connectivity index is 2.07. The lowest BCUT2D eigenvalue weighted by molar-refractivity contribution is 0.206. The first kappa shape index (κ1) is 12.6. The van der Waals surface area contributed by atoms with Gasteiger partial charge in [0.05, 0.1) is 4.47 Å². The van der Waals surface area contributed by atoms with Crippen molar-refractivity contribution in [3.63, 3.8) is 0 Å². The molecule has 0 spiro atoms. The summed E-state index contributed by atoms with van der Waals surface area (Å²) < 4.78 is 0.859. The van der Waals surface area contributed by atoms with Crippen LogP contribution in [0.15, 0.2) is 10.7 Å². The molecule has 2 unspecified atom stereocenters. The Labute approximate surface area is 110 Å². The lowest BCUT2D eigenvalue weighted by atomic mass is 9.94. The molecule has 1 saturated heterocycles. The zero-order valence-electron chi connectivity index (χ0n) is 10.2. The van der Waals surface area contributed by atoms with E-state index in [-0.39, 0.29) is 0 Å². The van der Waals surface area contributed by atoms with Crippen LogP contribution < -0.4 is 11.1 Å². The van der Waals surface area contributed by atoms with Crippen molar-refractivity contribution in [2.45, 2.75) is 19.4 Å². The number of nitrogen functional groups attached to an aromatic ring is 1. The monoisotopic (exact) mass is 299 g/mol. The van der Waals surface area contributed by atoms with Gasteiger partial charge in [-0.15, -0.1) is 0 Å². The maximum absolute atomic E-state index is 5.60. The van der Waals surface area contributed by atoms with Gasteiger partial charge in [0.25, 0.3) is 0 Å². The fourth-order valence-electron chi connectivity index (χ4n) is 2.23. The van der Waals surface area contributed by atoms with Gasteiger partial charge in [0, 0.05) is 18.8 Å². The predicted octanol–water partition coefficient (Wildman–Crippen LogP) is 1.57. The molecule has 6 heteroatoms. The molecule has 2 rings (SSSR count). The van der Waals surface area contributed by atoms with Gasteiger partial charge < -0.3 is 16.0 Å². The maximum atomic E-state index is 5.60. The number of anilines is 2. The summed E-state index contributed by atoms with van der Waals surface area (Å²) in [7, 11) is 2.16. The summed E-state index contributed by atoms with van der Waals surface area (Å²) in [4.78, 5) is 10.5. The molecule has 0 saturated carbocycles. The second kappa shape index (κ2) is 5.18. The second-order valence-electron chi connectivity index (χ2n) is 4.70. The molecule has 17 heavy (non-hydrogen) atoms. The van der Waals surface area contributed by atoms with E-state index in [1.807, 2.05) is 0 Å². The summed E-state index contributed by atoms with van der Waals surface area (Å²) in [6.07, 6.45) is 2.80. The highest BCUT2D eigenvalue weighted by Gasteiger charge is 2.24. The number of nitrogens with two attached hydrogens (primary N) is 1. The van der Waals surface area contributed by atoms with Crippen LogP contribution in [0, 0.1) is 5.92 Å². The van der Waals surface area contributed by atoms with Crippen LogP contribution in [0.1, 0.15) is 13.3 Å². The fourth-order valence-corrected chi connectivity index (χ4v) is 2.53. The van der Waals surface area contributed by atoms with Gasteiger partial charge in [-0.1, -0.05) is 6.92 Å². The first-order valence-electron chi connectivity index (χ1n) is 5.79. The van der Waals surface area contributed by atoms with Gasteiger partial charge in [-0.05, 0) is 41.9 Å². The largest absolute Gasteiger partial charge is 0.368 e. The molecule has 0 aliphatic carbocycles. The highest BCUT2D eigenvalue weighted by atomic mass is 79.9.